The van der Waals surface area contributed by atoms with Gasteiger partial charge in [0.15, 0.2) is 0 Å². The van der Waals surface area contributed by atoms with Crippen molar-refractivity contribution in [3.8, 4) is 0 Å². The van der Waals surface area contributed by atoms with E-state index in [1.165, 1.54) is 4.90 Å². The molecule has 1 heterocycles. The van der Waals surface area contributed by atoms with Crippen molar-refractivity contribution in [1.29, 1.82) is 0 Å². The zero-order valence-corrected chi connectivity index (χ0v) is 10.0. The third kappa shape index (κ3) is 3.44. The van der Waals surface area contributed by atoms with Crippen molar-refractivity contribution in [3.63, 3.8) is 0 Å². The first-order valence-corrected chi connectivity index (χ1v) is 5.83. The van der Waals surface area contributed by atoms with Crippen molar-refractivity contribution >= 4 is 11.8 Å². The van der Waals surface area contributed by atoms with Gasteiger partial charge in [0.2, 0.25) is 0 Å². The molecule has 1 aliphatic rings. The lowest BCUT2D eigenvalue weighted by atomic mass is 9.94. The smallest absolute Gasteiger partial charge is 0.451 e. The van der Waals surface area contributed by atoms with E-state index in [9.17, 15) is 22.8 Å². The molecule has 1 aliphatic heterocycles. The van der Waals surface area contributed by atoms with E-state index in [1.54, 1.807) is 0 Å². The molecule has 0 radical (unpaired) electrons. The van der Waals surface area contributed by atoms with E-state index >= 15 is 0 Å². The Labute approximate surface area is 103 Å². The van der Waals surface area contributed by atoms with E-state index in [2.05, 4.69) is 0 Å². The highest BCUT2D eigenvalue weighted by Gasteiger charge is 2.49. The van der Waals surface area contributed by atoms with E-state index in [0.717, 1.165) is 13.3 Å². The van der Waals surface area contributed by atoms with Gasteiger partial charge in [-0.2, -0.15) is 13.2 Å². The van der Waals surface area contributed by atoms with Gasteiger partial charge in [-0.1, -0.05) is 6.42 Å². The normalized spacial score (nSPS) is 21.3. The quantitative estimate of drug-likeness (QED) is 0.842. The molecule has 0 aliphatic carbocycles. The number of aliphatic carboxylic acids is 1. The van der Waals surface area contributed by atoms with Crippen LogP contribution >= 0.6 is 0 Å². The molecule has 1 N–H and O–H groups in total. The van der Waals surface area contributed by atoms with Crippen molar-refractivity contribution in [2.24, 2.45) is 5.92 Å². The van der Waals surface area contributed by atoms with Crippen LogP contribution in [0.4, 0.5) is 13.2 Å². The summed E-state index contributed by atoms with van der Waals surface area (Å²) in [7, 11) is 0. The van der Waals surface area contributed by atoms with Crippen LogP contribution in [0.15, 0.2) is 0 Å². The average molecular weight is 267 g/mol. The topological polar surface area (TPSA) is 57.6 Å². The van der Waals surface area contributed by atoms with E-state index in [0.29, 0.717) is 25.9 Å². The van der Waals surface area contributed by atoms with Crippen molar-refractivity contribution in [1.82, 2.24) is 4.90 Å². The molecule has 4 nitrogen and oxygen atoms in total. The van der Waals surface area contributed by atoms with Gasteiger partial charge in [0.25, 0.3) is 5.78 Å². The Balaban J connectivity index is 2.94. The van der Waals surface area contributed by atoms with Crippen LogP contribution in [-0.4, -0.2) is 47.1 Å². The summed E-state index contributed by atoms with van der Waals surface area (Å²) in [5.74, 6) is -4.71. The number of carbonyl (C=O) groups is 2. The van der Waals surface area contributed by atoms with Gasteiger partial charge in [0.05, 0.1) is 12.0 Å². The maximum absolute atomic E-state index is 12.5. The van der Waals surface area contributed by atoms with E-state index in [1.807, 2.05) is 0 Å². The highest BCUT2D eigenvalue weighted by Crippen LogP contribution is 2.26. The number of carboxylic acids is 1. The molecule has 2 atom stereocenters. The largest absolute Gasteiger partial charge is 0.481 e. The Morgan fingerprint density at radius 1 is 1.17 bits per heavy atom. The van der Waals surface area contributed by atoms with Crippen molar-refractivity contribution < 1.29 is 27.9 Å². The second-order valence-corrected chi connectivity index (χ2v) is 4.53. The summed E-state index contributed by atoms with van der Waals surface area (Å²) in [6.45, 7) is 1.82. The lowest BCUT2D eigenvalue weighted by molar-refractivity contribution is -0.180. The summed E-state index contributed by atoms with van der Waals surface area (Å²) < 4.78 is 37.5. The zero-order chi connectivity index (χ0) is 13.9. The monoisotopic (exact) mass is 267 g/mol. The molecule has 104 valence electrons. The number of carboxylic acid groups (broad SMARTS) is 1. The van der Waals surface area contributed by atoms with E-state index < -0.39 is 29.9 Å². The van der Waals surface area contributed by atoms with Gasteiger partial charge in [-0.3, -0.25) is 14.5 Å². The third-order valence-corrected chi connectivity index (χ3v) is 3.20. The number of ketones is 1. The standard InChI is InChI=1S/C11H16F3NO3/c1-7(10(17)18)8(9(16)11(12,13)14)15-5-3-2-4-6-15/h7-8H,2-6H2,1H3,(H,17,18). The van der Waals surface area contributed by atoms with Gasteiger partial charge in [0, 0.05) is 0 Å². The van der Waals surface area contributed by atoms with Gasteiger partial charge in [0.1, 0.15) is 0 Å². The Bertz CT molecular complexity index is 324. The SMILES string of the molecule is CC(C(=O)O)C(C(=O)C(F)(F)F)N1CCCCC1. The first-order valence-electron chi connectivity index (χ1n) is 5.83. The second-order valence-electron chi connectivity index (χ2n) is 4.53. The van der Waals surface area contributed by atoms with Gasteiger partial charge in [-0.05, 0) is 32.9 Å². The molecule has 1 saturated heterocycles. The van der Waals surface area contributed by atoms with Crippen LogP contribution in [-0.2, 0) is 9.59 Å². The summed E-state index contributed by atoms with van der Waals surface area (Å²) in [5.41, 5.74) is 0. The van der Waals surface area contributed by atoms with Crippen molar-refractivity contribution in [3.05, 3.63) is 0 Å². The summed E-state index contributed by atoms with van der Waals surface area (Å²) >= 11 is 0. The van der Waals surface area contributed by atoms with Gasteiger partial charge in [-0.15, -0.1) is 0 Å². The second kappa shape index (κ2) is 5.69. The molecule has 0 amide bonds. The molecule has 0 saturated carbocycles. The zero-order valence-electron chi connectivity index (χ0n) is 10.0. The Hall–Kier alpha value is -1.11. The van der Waals surface area contributed by atoms with Gasteiger partial charge >= 0.3 is 12.1 Å². The summed E-state index contributed by atoms with van der Waals surface area (Å²) in [6, 6.07) is -1.61. The number of Topliss-reactive ketones (excluding diaryl/α,β-unsaturated/α-hetero) is 1. The molecule has 18 heavy (non-hydrogen) atoms. The molecular formula is C11H16F3NO3. The van der Waals surface area contributed by atoms with Crippen LogP contribution in [0.25, 0.3) is 0 Å². The number of hydrogen-bond acceptors (Lipinski definition) is 3. The third-order valence-electron chi connectivity index (χ3n) is 3.20. The molecule has 1 fully saturated rings. The summed E-state index contributed by atoms with van der Waals surface area (Å²) in [4.78, 5) is 23.6. The number of piperidine rings is 1. The van der Waals surface area contributed by atoms with Crippen LogP contribution in [0, 0.1) is 5.92 Å². The predicted molar refractivity (Wildman–Crippen MR) is 57.1 cm³/mol. The number of halogens is 3. The van der Waals surface area contributed by atoms with Crippen LogP contribution in [0.2, 0.25) is 0 Å². The molecule has 0 spiro atoms. The Morgan fingerprint density at radius 3 is 2.06 bits per heavy atom. The fraction of sp³-hybridized carbons (Fsp3) is 0.818. The maximum atomic E-state index is 12.5. The highest BCUT2D eigenvalue weighted by molar-refractivity contribution is 5.92. The van der Waals surface area contributed by atoms with Gasteiger partial charge in [-0.25, -0.2) is 0 Å². The lowest BCUT2D eigenvalue weighted by Gasteiger charge is -2.35. The fourth-order valence-corrected chi connectivity index (χ4v) is 2.21. The molecule has 0 bridgehead atoms. The minimum atomic E-state index is -4.99. The van der Waals surface area contributed by atoms with Crippen molar-refractivity contribution in [2.45, 2.75) is 38.4 Å². The summed E-state index contributed by atoms with van der Waals surface area (Å²) in [6.07, 6.45) is -2.72. The molecule has 7 heteroatoms. The average Bonchev–Trinajstić information content (AvgIpc) is 2.29. The minimum Gasteiger partial charge on any atom is -0.481 e. The number of alkyl halides is 3. The summed E-state index contributed by atoms with van der Waals surface area (Å²) in [5, 5.41) is 8.85. The maximum Gasteiger partial charge on any atom is 0.451 e. The number of likely N-dealkylation sites (tertiary alicyclic amines) is 1. The highest BCUT2D eigenvalue weighted by atomic mass is 19.4. The molecule has 0 aromatic rings. The lowest BCUT2D eigenvalue weighted by Crippen LogP contribution is -2.53. The number of hydrogen-bond donors (Lipinski definition) is 1. The van der Waals surface area contributed by atoms with Gasteiger partial charge < -0.3 is 5.11 Å². The van der Waals surface area contributed by atoms with E-state index in [-0.39, 0.29) is 0 Å². The number of carbonyl (C=O) groups excluding carboxylic acids is 1. The van der Waals surface area contributed by atoms with E-state index in [4.69, 9.17) is 5.11 Å². The first-order chi connectivity index (χ1) is 8.25. The Morgan fingerprint density at radius 2 is 1.67 bits per heavy atom. The molecule has 0 aromatic carbocycles. The number of rotatable bonds is 4. The van der Waals surface area contributed by atoms with Crippen LogP contribution < -0.4 is 0 Å². The van der Waals surface area contributed by atoms with Crippen LogP contribution in [0.5, 0.6) is 0 Å². The van der Waals surface area contributed by atoms with Crippen LogP contribution in [0.3, 0.4) is 0 Å². The Kier molecular flexibility index (Phi) is 4.72. The molecule has 1 rings (SSSR count). The number of nitrogens with zero attached hydrogens (tertiary/aromatic N) is 1. The van der Waals surface area contributed by atoms with Crippen molar-refractivity contribution in [2.75, 3.05) is 13.1 Å². The predicted octanol–water partition coefficient (Wildman–Crippen LogP) is 1.69. The molecular weight excluding hydrogens is 251 g/mol. The minimum absolute atomic E-state index is 0.337. The fourth-order valence-electron chi connectivity index (χ4n) is 2.21. The molecule has 2 unspecified atom stereocenters. The van der Waals surface area contributed by atoms with Crippen LogP contribution in [0.1, 0.15) is 26.2 Å². The molecule has 0 aromatic heterocycles. The first kappa shape index (κ1) is 14.9.